The van der Waals surface area contributed by atoms with Gasteiger partial charge >= 0.3 is 5.97 Å². The van der Waals surface area contributed by atoms with E-state index in [9.17, 15) is 22.7 Å². The second-order valence-electron chi connectivity index (χ2n) is 5.51. The smallest absolute Gasteiger partial charge is 0.322 e. The predicted molar refractivity (Wildman–Crippen MR) is 74.9 cm³/mol. The highest BCUT2D eigenvalue weighted by Crippen LogP contribution is 2.30. The molecule has 2 atom stereocenters. The third-order valence-electron chi connectivity index (χ3n) is 3.82. The number of carboxylic acids is 1. The molecule has 0 amide bonds. The van der Waals surface area contributed by atoms with E-state index >= 15 is 0 Å². The number of hydrogen-bond donors (Lipinski definition) is 1. The second kappa shape index (κ2) is 5.73. The molecular weight excluding hydrogens is 297 g/mol. The minimum absolute atomic E-state index is 0.0373. The van der Waals surface area contributed by atoms with Gasteiger partial charge in [0.05, 0.1) is 4.90 Å². The molecule has 5 nitrogen and oxygen atoms in total. The van der Waals surface area contributed by atoms with Crippen LogP contribution in [0.15, 0.2) is 23.1 Å². The third kappa shape index (κ3) is 3.08. The number of nitrogens with zero attached hydrogens (tertiary/aromatic N) is 1. The average Bonchev–Trinajstić information content (AvgIpc) is 2.37. The number of carboxylic acid groups (broad SMARTS) is 1. The number of rotatable bonds is 3. The molecule has 7 heteroatoms. The van der Waals surface area contributed by atoms with E-state index in [0.29, 0.717) is 6.42 Å². The Bertz CT molecular complexity index is 659. The molecule has 1 aromatic carbocycles. The Balaban J connectivity index is 2.44. The molecule has 1 N–H and O–H groups in total. The van der Waals surface area contributed by atoms with Gasteiger partial charge in [-0.15, -0.1) is 0 Å². The molecule has 1 aromatic rings. The van der Waals surface area contributed by atoms with Crippen molar-refractivity contribution in [1.82, 2.24) is 4.31 Å². The van der Waals surface area contributed by atoms with Crippen LogP contribution in [0.3, 0.4) is 0 Å². The lowest BCUT2D eigenvalue weighted by Gasteiger charge is -2.35. The monoisotopic (exact) mass is 315 g/mol. The van der Waals surface area contributed by atoms with Crippen molar-refractivity contribution in [3.63, 3.8) is 0 Å². The van der Waals surface area contributed by atoms with E-state index in [2.05, 4.69) is 0 Å². The van der Waals surface area contributed by atoms with Gasteiger partial charge in [0.15, 0.2) is 0 Å². The number of halogens is 1. The summed E-state index contributed by atoms with van der Waals surface area (Å²) in [4.78, 5) is 11.3. The molecule has 1 fully saturated rings. The Morgan fingerprint density at radius 2 is 2.10 bits per heavy atom. The van der Waals surface area contributed by atoms with E-state index in [4.69, 9.17) is 0 Å². The van der Waals surface area contributed by atoms with Crippen molar-refractivity contribution in [2.24, 2.45) is 5.92 Å². The van der Waals surface area contributed by atoms with Gasteiger partial charge in [-0.25, -0.2) is 12.8 Å². The van der Waals surface area contributed by atoms with Crippen LogP contribution in [0.25, 0.3) is 0 Å². The van der Waals surface area contributed by atoms with Crippen molar-refractivity contribution in [3.8, 4) is 0 Å². The Morgan fingerprint density at radius 1 is 1.43 bits per heavy atom. The quantitative estimate of drug-likeness (QED) is 0.926. The highest BCUT2D eigenvalue weighted by atomic mass is 32.2. The van der Waals surface area contributed by atoms with Gasteiger partial charge in [0.2, 0.25) is 10.0 Å². The Morgan fingerprint density at radius 3 is 2.67 bits per heavy atom. The third-order valence-corrected chi connectivity index (χ3v) is 5.89. The van der Waals surface area contributed by atoms with Crippen LogP contribution >= 0.6 is 0 Å². The molecule has 0 aliphatic carbocycles. The first-order chi connectivity index (χ1) is 9.73. The van der Waals surface area contributed by atoms with Gasteiger partial charge in [-0.2, -0.15) is 4.31 Å². The zero-order valence-corrected chi connectivity index (χ0v) is 12.7. The van der Waals surface area contributed by atoms with E-state index in [1.807, 2.05) is 6.92 Å². The molecule has 0 spiro atoms. The maximum Gasteiger partial charge on any atom is 0.322 e. The standard InChI is InChI=1S/C14H18FNO4S/c1-9-5-6-16(12(7-9)14(17)18)21(19,20)13-4-3-11(15)8-10(13)2/h3-4,8-9,12H,5-7H2,1-2H3,(H,17,18). The van der Waals surface area contributed by atoms with Crippen molar-refractivity contribution in [2.45, 2.75) is 37.6 Å². The van der Waals surface area contributed by atoms with Gasteiger partial charge in [-0.1, -0.05) is 6.92 Å². The maximum absolute atomic E-state index is 13.1. The summed E-state index contributed by atoms with van der Waals surface area (Å²) in [6.07, 6.45) is 0.901. The Kier molecular flexibility index (Phi) is 4.34. The van der Waals surface area contributed by atoms with Crippen LogP contribution in [0.2, 0.25) is 0 Å². The molecule has 1 aliphatic rings. The van der Waals surface area contributed by atoms with Crippen LogP contribution in [-0.2, 0) is 14.8 Å². The number of hydrogen-bond acceptors (Lipinski definition) is 3. The molecule has 21 heavy (non-hydrogen) atoms. The van der Waals surface area contributed by atoms with Crippen LogP contribution in [0.1, 0.15) is 25.3 Å². The molecule has 1 aliphatic heterocycles. The summed E-state index contributed by atoms with van der Waals surface area (Å²) in [6, 6.07) is 2.33. The number of piperidine rings is 1. The van der Waals surface area contributed by atoms with E-state index in [0.717, 1.165) is 16.4 Å². The van der Waals surface area contributed by atoms with Crippen LogP contribution in [0.5, 0.6) is 0 Å². The molecule has 1 saturated heterocycles. The largest absolute Gasteiger partial charge is 0.480 e. The van der Waals surface area contributed by atoms with Crippen molar-refractivity contribution < 1.29 is 22.7 Å². The highest BCUT2D eigenvalue weighted by Gasteiger charge is 2.40. The van der Waals surface area contributed by atoms with E-state index < -0.39 is 27.9 Å². The lowest BCUT2D eigenvalue weighted by atomic mass is 9.94. The minimum Gasteiger partial charge on any atom is -0.480 e. The number of aliphatic carboxylic acids is 1. The number of aryl methyl sites for hydroxylation is 1. The molecule has 116 valence electrons. The molecule has 0 aromatic heterocycles. The summed E-state index contributed by atoms with van der Waals surface area (Å²) in [7, 11) is -3.94. The number of sulfonamides is 1. The van der Waals surface area contributed by atoms with Crippen LogP contribution in [-0.4, -0.2) is 36.4 Å². The van der Waals surface area contributed by atoms with Crippen LogP contribution < -0.4 is 0 Å². The molecule has 0 bridgehead atoms. The molecule has 1 heterocycles. The number of carbonyl (C=O) groups is 1. The SMILES string of the molecule is Cc1cc(F)ccc1S(=O)(=O)N1CCC(C)CC1C(=O)O. The topological polar surface area (TPSA) is 74.7 Å². The molecule has 0 saturated carbocycles. The molecular formula is C14H18FNO4S. The summed E-state index contributed by atoms with van der Waals surface area (Å²) in [6.45, 7) is 3.57. The van der Waals surface area contributed by atoms with Gasteiger partial charge in [0.25, 0.3) is 0 Å². The lowest BCUT2D eigenvalue weighted by Crippen LogP contribution is -2.49. The summed E-state index contributed by atoms with van der Waals surface area (Å²) in [5, 5.41) is 9.28. The maximum atomic E-state index is 13.1. The Hall–Kier alpha value is -1.47. The highest BCUT2D eigenvalue weighted by molar-refractivity contribution is 7.89. The van der Waals surface area contributed by atoms with Crippen molar-refractivity contribution in [3.05, 3.63) is 29.6 Å². The van der Waals surface area contributed by atoms with Gasteiger partial charge in [0.1, 0.15) is 11.9 Å². The van der Waals surface area contributed by atoms with E-state index in [1.54, 1.807) is 0 Å². The van der Waals surface area contributed by atoms with Gasteiger partial charge < -0.3 is 5.11 Å². The fourth-order valence-corrected chi connectivity index (χ4v) is 4.48. The summed E-state index contributed by atoms with van der Waals surface area (Å²) in [5.41, 5.74) is 0.276. The fraction of sp³-hybridized carbons (Fsp3) is 0.500. The zero-order chi connectivity index (χ0) is 15.8. The normalized spacial score (nSPS) is 24.0. The average molecular weight is 315 g/mol. The fourth-order valence-electron chi connectivity index (χ4n) is 2.66. The summed E-state index contributed by atoms with van der Waals surface area (Å²) in [5.74, 6) is -1.51. The Labute approximate surface area is 123 Å². The summed E-state index contributed by atoms with van der Waals surface area (Å²) < 4.78 is 39.5. The van der Waals surface area contributed by atoms with Gasteiger partial charge in [-0.05, 0) is 49.4 Å². The van der Waals surface area contributed by atoms with Crippen LogP contribution in [0, 0.1) is 18.7 Å². The van der Waals surface area contributed by atoms with Crippen LogP contribution in [0.4, 0.5) is 4.39 Å². The van der Waals surface area contributed by atoms with E-state index in [1.165, 1.54) is 13.0 Å². The first-order valence-corrected chi connectivity index (χ1v) is 8.18. The predicted octanol–water partition coefficient (Wildman–Crippen LogP) is 2.01. The zero-order valence-electron chi connectivity index (χ0n) is 11.9. The molecule has 2 unspecified atom stereocenters. The molecule has 0 radical (unpaired) electrons. The number of benzene rings is 1. The summed E-state index contributed by atoms with van der Waals surface area (Å²) >= 11 is 0. The van der Waals surface area contributed by atoms with Crippen molar-refractivity contribution in [2.75, 3.05) is 6.54 Å². The molecule has 2 rings (SSSR count). The first-order valence-electron chi connectivity index (χ1n) is 6.74. The lowest BCUT2D eigenvalue weighted by molar-refractivity contribution is -0.143. The van der Waals surface area contributed by atoms with Crippen molar-refractivity contribution in [1.29, 1.82) is 0 Å². The van der Waals surface area contributed by atoms with Crippen molar-refractivity contribution >= 4 is 16.0 Å². The van der Waals surface area contributed by atoms with E-state index in [-0.39, 0.29) is 29.3 Å². The first kappa shape index (κ1) is 15.9. The van der Waals surface area contributed by atoms with Gasteiger partial charge in [-0.3, -0.25) is 4.79 Å². The second-order valence-corrected chi connectivity index (χ2v) is 7.37. The minimum atomic E-state index is -3.94. The van der Waals surface area contributed by atoms with Gasteiger partial charge in [0, 0.05) is 6.54 Å².